The first-order valence-corrected chi connectivity index (χ1v) is 7.90. The van der Waals surface area contributed by atoms with E-state index in [-0.39, 0.29) is 0 Å². The molecule has 0 aromatic carbocycles. The predicted molar refractivity (Wildman–Crippen MR) is 83.6 cm³/mol. The molecule has 3 heterocycles. The number of rotatable bonds is 4. The average Bonchev–Trinajstić information content (AvgIpc) is 2.72. The van der Waals surface area contributed by atoms with Crippen LogP contribution < -0.4 is 15.4 Å². The first kappa shape index (κ1) is 14.4. The molecule has 2 aliphatic heterocycles. The molecule has 0 aliphatic carbocycles. The van der Waals surface area contributed by atoms with E-state index in [0.717, 1.165) is 25.3 Å². The van der Waals surface area contributed by atoms with Crippen molar-refractivity contribution in [1.82, 2.24) is 14.9 Å². The second kappa shape index (κ2) is 6.05. The Balaban J connectivity index is 1.80. The van der Waals surface area contributed by atoms with Crippen molar-refractivity contribution < 1.29 is 4.74 Å². The van der Waals surface area contributed by atoms with Crippen molar-refractivity contribution in [2.45, 2.75) is 44.7 Å². The van der Waals surface area contributed by atoms with E-state index in [1.807, 2.05) is 0 Å². The molecule has 2 unspecified atom stereocenters. The highest BCUT2D eigenvalue weighted by Gasteiger charge is 2.35. The standard InChI is InChI=1S/C15H25N5O/c1-3-8-21-15-13(16)14(17-10-18-15)20-7-6-11-4-5-12(9-20)19(11)2/h10-12H,3-9,16H2,1-2H3. The van der Waals surface area contributed by atoms with Crippen molar-refractivity contribution >= 4 is 11.5 Å². The molecule has 21 heavy (non-hydrogen) atoms. The summed E-state index contributed by atoms with van der Waals surface area (Å²) >= 11 is 0. The molecule has 0 saturated carbocycles. The summed E-state index contributed by atoms with van der Waals surface area (Å²) in [5, 5.41) is 0. The molecule has 2 aliphatic rings. The fourth-order valence-corrected chi connectivity index (χ4v) is 3.44. The zero-order chi connectivity index (χ0) is 14.8. The van der Waals surface area contributed by atoms with E-state index in [2.05, 4.69) is 33.7 Å². The minimum absolute atomic E-state index is 0.518. The minimum Gasteiger partial charge on any atom is -0.476 e. The molecule has 1 aromatic heterocycles. The number of likely N-dealkylation sites (N-methyl/N-ethyl adjacent to an activating group) is 1. The molecule has 0 radical (unpaired) electrons. The summed E-state index contributed by atoms with van der Waals surface area (Å²) in [6.07, 6.45) is 6.25. The van der Waals surface area contributed by atoms with Crippen LogP contribution in [-0.2, 0) is 0 Å². The van der Waals surface area contributed by atoms with Crippen LogP contribution in [0.2, 0.25) is 0 Å². The van der Waals surface area contributed by atoms with Gasteiger partial charge in [-0.2, -0.15) is 4.98 Å². The van der Waals surface area contributed by atoms with E-state index in [1.54, 1.807) is 6.33 Å². The van der Waals surface area contributed by atoms with Gasteiger partial charge in [-0.15, -0.1) is 0 Å². The van der Waals surface area contributed by atoms with E-state index in [0.29, 0.717) is 30.3 Å². The largest absolute Gasteiger partial charge is 0.476 e. The maximum Gasteiger partial charge on any atom is 0.242 e. The van der Waals surface area contributed by atoms with Gasteiger partial charge in [-0.25, -0.2) is 4.98 Å². The van der Waals surface area contributed by atoms with Gasteiger partial charge in [-0.1, -0.05) is 6.92 Å². The van der Waals surface area contributed by atoms with Crippen LogP contribution in [0.3, 0.4) is 0 Å². The van der Waals surface area contributed by atoms with Crippen LogP contribution in [0.1, 0.15) is 32.6 Å². The molecule has 6 nitrogen and oxygen atoms in total. The van der Waals surface area contributed by atoms with Gasteiger partial charge >= 0.3 is 0 Å². The van der Waals surface area contributed by atoms with Crippen molar-refractivity contribution in [2.75, 3.05) is 37.4 Å². The van der Waals surface area contributed by atoms with Crippen molar-refractivity contribution in [1.29, 1.82) is 0 Å². The number of nitrogens with zero attached hydrogens (tertiary/aromatic N) is 4. The zero-order valence-electron chi connectivity index (χ0n) is 13.0. The second-order valence-electron chi connectivity index (χ2n) is 6.05. The van der Waals surface area contributed by atoms with Crippen molar-refractivity contribution in [3.63, 3.8) is 0 Å². The number of aromatic nitrogens is 2. The normalized spacial score (nSPS) is 25.9. The van der Waals surface area contributed by atoms with E-state index in [9.17, 15) is 0 Å². The Morgan fingerprint density at radius 1 is 1.29 bits per heavy atom. The summed E-state index contributed by atoms with van der Waals surface area (Å²) in [6.45, 7) is 4.69. The molecule has 2 N–H and O–H groups in total. The van der Waals surface area contributed by atoms with Gasteiger partial charge in [0.05, 0.1) is 6.61 Å². The fourth-order valence-electron chi connectivity index (χ4n) is 3.44. The van der Waals surface area contributed by atoms with Crippen LogP contribution in [0, 0.1) is 0 Å². The lowest BCUT2D eigenvalue weighted by Gasteiger charge is -2.27. The summed E-state index contributed by atoms with van der Waals surface area (Å²) in [5.41, 5.74) is 6.81. The van der Waals surface area contributed by atoms with Gasteiger partial charge in [-0.3, -0.25) is 4.90 Å². The SMILES string of the molecule is CCCOc1ncnc(N2CCC3CCC(C2)N3C)c1N. The number of nitrogens with two attached hydrogens (primary N) is 1. The molecule has 1 aromatic rings. The Kier molecular flexibility index (Phi) is 4.14. The van der Waals surface area contributed by atoms with Gasteiger partial charge in [0.1, 0.15) is 12.0 Å². The zero-order valence-corrected chi connectivity index (χ0v) is 13.0. The number of ether oxygens (including phenoxy) is 1. The van der Waals surface area contributed by atoms with Crippen LogP contribution in [0.4, 0.5) is 11.5 Å². The summed E-state index contributed by atoms with van der Waals surface area (Å²) in [5.74, 6) is 1.35. The van der Waals surface area contributed by atoms with Crippen molar-refractivity contribution in [2.24, 2.45) is 0 Å². The van der Waals surface area contributed by atoms with Gasteiger partial charge in [0, 0.05) is 25.2 Å². The third kappa shape index (κ3) is 2.77. The van der Waals surface area contributed by atoms with E-state index in [1.165, 1.54) is 19.3 Å². The van der Waals surface area contributed by atoms with Crippen LogP contribution >= 0.6 is 0 Å². The molecule has 116 valence electrons. The Bertz CT molecular complexity index is 495. The second-order valence-corrected chi connectivity index (χ2v) is 6.05. The van der Waals surface area contributed by atoms with Crippen LogP contribution in [-0.4, -0.2) is 53.7 Å². The molecule has 2 bridgehead atoms. The van der Waals surface area contributed by atoms with Gasteiger partial charge < -0.3 is 15.4 Å². The summed E-state index contributed by atoms with van der Waals surface area (Å²) in [4.78, 5) is 13.4. The molecule has 0 amide bonds. The maximum atomic E-state index is 6.23. The van der Waals surface area contributed by atoms with Crippen molar-refractivity contribution in [3.05, 3.63) is 6.33 Å². The number of fused-ring (bicyclic) bond motifs is 2. The smallest absolute Gasteiger partial charge is 0.242 e. The number of hydrogen-bond donors (Lipinski definition) is 1. The van der Waals surface area contributed by atoms with Crippen molar-refractivity contribution in [3.8, 4) is 5.88 Å². The van der Waals surface area contributed by atoms with E-state index >= 15 is 0 Å². The molecule has 0 spiro atoms. The lowest BCUT2D eigenvalue weighted by atomic mass is 10.1. The highest BCUT2D eigenvalue weighted by atomic mass is 16.5. The lowest BCUT2D eigenvalue weighted by molar-refractivity contribution is 0.254. The maximum absolute atomic E-state index is 6.23. The van der Waals surface area contributed by atoms with E-state index < -0.39 is 0 Å². The van der Waals surface area contributed by atoms with Gasteiger partial charge in [-0.05, 0) is 32.7 Å². The molecule has 2 saturated heterocycles. The molecule has 3 rings (SSSR count). The number of anilines is 2. The molecule has 2 atom stereocenters. The third-order valence-electron chi connectivity index (χ3n) is 4.72. The van der Waals surface area contributed by atoms with Gasteiger partial charge in [0.25, 0.3) is 0 Å². The Hall–Kier alpha value is -1.56. The van der Waals surface area contributed by atoms with E-state index in [4.69, 9.17) is 10.5 Å². The molecule has 2 fully saturated rings. The highest BCUT2D eigenvalue weighted by Crippen LogP contribution is 2.34. The quantitative estimate of drug-likeness (QED) is 0.907. The Morgan fingerprint density at radius 2 is 2.10 bits per heavy atom. The Labute approximate surface area is 126 Å². The fraction of sp³-hybridized carbons (Fsp3) is 0.733. The molecular weight excluding hydrogens is 266 g/mol. The summed E-state index contributed by atoms with van der Waals surface area (Å²) in [6, 6.07) is 1.31. The van der Waals surface area contributed by atoms with Gasteiger partial charge in [0.15, 0.2) is 5.82 Å². The highest BCUT2D eigenvalue weighted by molar-refractivity contribution is 5.67. The number of nitrogen functional groups attached to an aromatic ring is 1. The van der Waals surface area contributed by atoms with Gasteiger partial charge in [0.2, 0.25) is 5.88 Å². The van der Waals surface area contributed by atoms with Crippen LogP contribution in [0.5, 0.6) is 5.88 Å². The third-order valence-corrected chi connectivity index (χ3v) is 4.72. The van der Waals surface area contributed by atoms with Crippen LogP contribution in [0.15, 0.2) is 6.33 Å². The lowest BCUT2D eigenvalue weighted by Crippen LogP contribution is -2.37. The van der Waals surface area contributed by atoms with Crippen LogP contribution in [0.25, 0.3) is 0 Å². The first-order chi connectivity index (χ1) is 10.2. The topological polar surface area (TPSA) is 67.5 Å². The summed E-state index contributed by atoms with van der Waals surface area (Å²) < 4.78 is 5.62. The monoisotopic (exact) mass is 291 g/mol. The first-order valence-electron chi connectivity index (χ1n) is 7.90. The molecule has 6 heteroatoms. The minimum atomic E-state index is 0.518. The summed E-state index contributed by atoms with van der Waals surface area (Å²) in [7, 11) is 2.24. The molecular formula is C15H25N5O. The average molecular weight is 291 g/mol. The Morgan fingerprint density at radius 3 is 2.90 bits per heavy atom. The number of hydrogen-bond acceptors (Lipinski definition) is 6. The predicted octanol–water partition coefficient (Wildman–Crippen LogP) is 1.52.